The molecule has 2 aromatic rings. The molecule has 0 radical (unpaired) electrons. The summed E-state index contributed by atoms with van der Waals surface area (Å²) < 4.78 is 0.511. The van der Waals surface area contributed by atoms with Crippen molar-refractivity contribution >= 4 is 27.9 Å². The number of nitrogens with zero attached hydrogens (tertiary/aromatic N) is 1. The Hall–Kier alpha value is -0.670. The van der Waals surface area contributed by atoms with Crippen LogP contribution in [0.15, 0.2) is 54.7 Å². The first-order valence-corrected chi connectivity index (χ1v) is 6.44. The third-order valence-corrected chi connectivity index (χ3v) is 3.69. The third kappa shape index (κ3) is 3.72. The molecule has 0 aliphatic rings. The molecule has 1 unspecified atom stereocenters. The summed E-state index contributed by atoms with van der Waals surface area (Å²) in [5.74, 6) is 0. The Morgan fingerprint density at radius 3 is 2.19 bits per heavy atom. The third-order valence-electron chi connectivity index (χ3n) is 2.43. The van der Waals surface area contributed by atoms with Crippen molar-refractivity contribution in [2.24, 2.45) is 0 Å². The van der Waals surface area contributed by atoms with E-state index in [1.807, 2.05) is 12.3 Å². The summed E-state index contributed by atoms with van der Waals surface area (Å²) >= 11 is 1.10. The van der Waals surface area contributed by atoms with E-state index in [9.17, 15) is 0 Å². The fourth-order valence-electron chi connectivity index (χ4n) is 1.54. The zero-order valence-electron chi connectivity index (χ0n) is 9.67. The van der Waals surface area contributed by atoms with Crippen LogP contribution in [0, 0.1) is 0 Å². The monoisotopic (exact) mass is 223 g/mol. The van der Waals surface area contributed by atoms with Crippen LogP contribution in [0.4, 0.5) is 0 Å². The summed E-state index contributed by atoms with van der Waals surface area (Å²) in [5.41, 5.74) is 2.56. The Labute approximate surface area is 114 Å². The second kappa shape index (κ2) is 7.58. The Morgan fingerprint density at radius 1 is 1.00 bits per heavy atom. The second-order valence-electron chi connectivity index (χ2n) is 3.39. The molecule has 78 valence electrons. The van der Waals surface area contributed by atoms with Crippen LogP contribution in [0.3, 0.4) is 0 Å². The van der Waals surface area contributed by atoms with Crippen LogP contribution in [-0.2, 0) is 0 Å². The second-order valence-corrected chi connectivity index (χ2v) is 4.54. The number of aliphatic hydroxyl groups excluding tert-OH is 1. The number of hydrogen-bond acceptors (Lipinski definition) is 2. The van der Waals surface area contributed by atoms with E-state index in [1.54, 1.807) is 0 Å². The van der Waals surface area contributed by atoms with Crippen LogP contribution in [0.1, 0.15) is 14.4 Å². The van der Waals surface area contributed by atoms with Crippen LogP contribution in [0.5, 0.6) is 0 Å². The summed E-state index contributed by atoms with van der Waals surface area (Å²) in [6.07, 6.45) is 1.86. The summed E-state index contributed by atoms with van der Waals surface area (Å²) in [7, 11) is 1.00. The van der Waals surface area contributed by atoms with Crippen molar-refractivity contribution in [3.63, 3.8) is 0 Å². The molecular weight excluding hydrogens is 209 g/mol. The van der Waals surface area contributed by atoms with Crippen molar-refractivity contribution in [3.05, 3.63) is 66.0 Å². The normalized spacial score (nSPS) is 11.2. The number of pyridine rings is 1. The van der Waals surface area contributed by atoms with E-state index in [0.29, 0.717) is 3.17 Å². The first kappa shape index (κ1) is 13.4. The van der Waals surface area contributed by atoms with E-state index in [-0.39, 0.29) is 0 Å². The van der Waals surface area contributed by atoms with Gasteiger partial charge in [0.25, 0.3) is 0 Å². The molecule has 0 saturated heterocycles. The van der Waals surface area contributed by atoms with Gasteiger partial charge >= 0.3 is 102 Å². The molecule has 0 spiro atoms. The minimum absolute atomic E-state index is 0.511. The van der Waals surface area contributed by atoms with Gasteiger partial charge in [-0.15, -0.1) is 0 Å². The summed E-state index contributed by atoms with van der Waals surface area (Å²) in [5, 5.41) is 7.00. The van der Waals surface area contributed by atoms with Gasteiger partial charge in [0, 0.05) is 7.11 Å². The summed E-state index contributed by atoms with van der Waals surface area (Å²) in [4.78, 5) is 4.39. The predicted molar refractivity (Wildman–Crippen MR) is 66.4 cm³/mol. The molecule has 2 rings (SSSR count). The van der Waals surface area contributed by atoms with E-state index >= 15 is 0 Å². The van der Waals surface area contributed by atoms with E-state index in [2.05, 4.69) is 47.4 Å². The van der Waals surface area contributed by atoms with E-state index in [4.69, 9.17) is 5.11 Å². The number of benzene rings is 1. The molecule has 0 aliphatic carbocycles. The molecule has 2 nitrogen and oxygen atoms in total. The van der Waals surface area contributed by atoms with Crippen LogP contribution in [-0.4, -0.2) is 45.1 Å². The topological polar surface area (TPSA) is 33.1 Å². The first-order valence-electron chi connectivity index (χ1n) is 5.28. The quantitative estimate of drug-likeness (QED) is 0.789. The maximum absolute atomic E-state index is 7.00. The maximum atomic E-state index is 7.00. The van der Waals surface area contributed by atoms with Crippen LogP contribution >= 0.6 is 0 Å². The molecule has 1 heterocycles. The molecule has 0 aliphatic heterocycles. The molecule has 1 atom stereocenters. The molecule has 16 heavy (non-hydrogen) atoms. The Kier molecular flexibility index (Phi) is 6.34. The van der Waals surface area contributed by atoms with Gasteiger partial charge in [-0.2, -0.15) is 0 Å². The van der Waals surface area contributed by atoms with Gasteiger partial charge < -0.3 is 5.11 Å². The Balaban J connectivity index is 0.000000606. The Bertz CT molecular complexity index is 352. The molecular formula is C13H14NNaO. The van der Waals surface area contributed by atoms with Crippen molar-refractivity contribution in [1.29, 1.82) is 0 Å². The van der Waals surface area contributed by atoms with E-state index < -0.39 is 0 Å². The molecule has 0 amide bonds. The zero-order valence-corrected chi connectivity index (χ0v) is 11.7. The van der Waals surface area contributed by atoms with Crippen molar-refractivity contribution in [2.75, 3.05) is 7.11 Å². The average molecular weight is 223 g/mol. The van der Waals surface area contributed by atoms with E-state index in [1.165, 1.54) is 11.3 Å². The van der Waals surface area contributed by atoms with Crippen LogP contribution in [0.25, 0.3) is 0 Å². The minimum atomic E-state index is 0.511. The molecule has 0 saturated carbocycles. The predicted octanol–water partition coefficient (Wildman–Crippen LogP) is 1.95. The zero-order chi connectivity index (χ0) is 11.8. The molecule has 1 N–H and O–H groups in total. The van der Waals surface area contributed by atoms with Gasteiger partial charge in [-0.25, -0.2) is 0 Å². The summed E-state index contributed by atoms with van der Waals surface area (Å²) in [6, 6.07) is 16.7. The van der Waals surface area contributed by atoms with Gasteiger partial charge in [0.2, 0.25) is 0 Å². The average Bonchev–Trinajstić information content (AvgIpc) is 2.42. The summed E-state index contributed by atoms with van der Waals surface area (Å²) in [6.45, 7) is 0. The van der Waals surface area contributed by atoms with E-state index in [0.717, 1.165) is 35.0 Å². The van der Waals surface area contributed by atoms with Gasteiger partial charge in [0.1, 0.15) is 0 Å². The van der Waals surface area contributed by atoms with Crippen LogP contribution < -0.4 is 0 Å². The first-order chi connectivity index (χ1) is 7.88. The number of hydrogen-bond donors (Lipinski definition) is 1. The van der Waals surface area contributed by atoms with Crippen molar-refractivity contribution in [1.82, 2.24) is 4.98 Å². The van der Waals surface area contributed by atoms with Gasteiger partial charge in [-0.05, 0) is 0 Å². The van der Waals surface area contributed by atoms with Gasteiger partial charge in [-0.3, -0.25) is 0 Å². The van der Waals surface area contributed by atoms with Gasteiger partial charge in [0.15, 0.2) is 0 Å². The molecule has 0 bridgehead atoms. The molecule has 1 aromatic carbocycles. The molecule has 1 aromatic heterocycles. The number of aromatic nitrogens is 1. The molecule has 0 fully saturated rings. The number of aliphatic hydroxyl groups is 1. The van der Waals surface area contributed by atoms with Crippen molar-refractivity contribution in [2.45, 2.75) is 3.17 Å². The fraction of sp³-hybridized carbons (Fsp3) is 0.154. The van der Waals surface area contributed by atoms with Gasteiger partial charge in [-0.1, -0.05) is 0 Å². The number of rotatable bonds is 2. The van der Waals surface area contributed by atoms with Crippen molar-refractivity contribution < 1.29 is 5.11 Å². The van der Waals surface area contributed by atoms with Crippen molar-refractivity contribution in [3.8, 4) is 0 Å². The van der Waals surface area contributed by atoms with Gasteiger partial charge in [0.05, 0.1) is 0 Å². The van der Waals surface area contributed by atoms with Crippen LogP contribution in [0.2, 0.25) is 0 Å². The fourth-order valence-corrected chi connectivity index (χ4v) is 2.27. The SMILES string of the molecule is CO.[Na][CH](c1ccccc1)c1ccccn1. The standard InChI is InChI=1S/C12H10N.CH4O.Na/c1-2-6-11(7-3-1)10-12-8-4-5-9-13-12;1-2;/h1-10H;2H,1H3;. The molecule has 3 heteroatoms. The Morgan fingerprint density at radius 2 is 1.62 bits per heavy atom.